The molecule has 1 aliphatic heterocycles. The summed E-state index contributed by atoms with van der Waals surface area (Å²) in [7, 11) is -3.72. The van der Waals surface area contributed by atoms with Crippen LogP contribution >= 0.6 is 0 Å². The van der Waals surface area contributed by atoms with Crippen molar-refractivity contribution in [3.05, 3.63) is 96.1 Å². The van der Waals surface area contributed by atoms with Crippen molar-refractivity contribution < 1.29 is 26.9 Å². The van der Waals surface area contributed by atoms with Crippen LogP contribution in [-0.2, 0) is 37.0 Å². The van der Waals surface area contributed by atoms with Crippen molar-refractivity contribution in [2.24, 2.45) is 0 Å². The van der Waals surface area contributed by atoms with Gasteiger partial charge in [0, 0.05) is 6.54 Å². The Hall–Kier alpha value is -3.20. The number of hydrogen-bond donors (Lipinski definition) is 0. The molecule has 0 spiro atoms. The van der Waals surface area contributed by atoms with Crippen LogP contribution in [0.1, 0.15) is 17.5 Å². The van der Waals surface area contributed by atoms with Gasteiger partial charge in [0.15, 0.2) is 0 Å². The zero-order chi connectivity index (χ0) is 24.0. The van der Waals surface area contributed by atoms with Crippen molar-refractivity contribution in [2.45, 2.75) is 31.7 Å². The van der Waals surface area contributed by atoms with Gasteiger partial charge in [0.05, 0.1) is 31.9 Å². The van der Waals surface area contributed by atoms with Gasteiger partial charge >= 0.3 is 0 Å². The van der Waals surface area contributed by atoms with Crippen molar-refractivity contribution in [3.63, 3.8) is 0 Å². The molecule has 0 unspecified atom stereocenters. The first-order chi connectivity index (χ1) is 16.4. The van der Waals surface area contributed by atoms with Gasteiger partial charge in [-0.25, -0.2) is 0 Å². The first kappa shape index (κ1) is 23.9. The lowest BCUT2D eigenvalue weighted by Gasteiger charge is -2.27. The highest BCUT2D eigenvalue weighted by Gasteiger charge is 2.42. The Morgan fingerprint density at radius 2 is 1.47 bits per heavy atom. The maximum Gasteiger partial charge on any atom is 0.264 e. The van der Waals surface area contributed by atoms with Crippen LogP contribution in [-0.4, -0.2) is 44.2 Å². The number of ether oxygens (including phenoxy) is 2. The molecule has 0 radical (unpaired) electrons. The molecule has 1 saturated heterocycles. The number of benzene rings is 3. The maximum atomic E-state index is 12.8. The molecule has 3 aromatic carbocycles. The second-order valence-electron chi connectivity index (χ2n) is 8.19. The maximum absolute atomic E-state index is 12.8. The van der Waals surface area contributed by atoms with Gasteiger partial charge in [0.1, 0.15) is 17.6 Å². The van der Waals surface area contributed by atoms with Gasteiger partial charge in [-0.05, 0) is 35.4 Å². The molecule has 1 aliphatic rings. The zero-order valence-electron chi connectivity index (χ0n) is 18.9. The minimum atomic E-state index is -3.72. The third-order valence-corrected chi connectivity index (χ3v) is 6.08. The largest absolute Gasteiger partial charge is 0.457 e. The molecule has 2 atom stereocenters. The van der Waals surface area contributed by atoms with E-state index in [-0.39, 0.29) is 18.9 Å². The second kappa shape index (κ2) is 10.8. The van der Waals surface area contributed by atoms with E-state index >= 15 is 0 Å². The number of carbonyl (C=O) groups excluding carboxylic acids is 1. The Bertz CT molecular complexity index is 1180. The Morgan fingerprint density at radius 1 is 0.853 bits per heavy atom. The Balaban J connectivity index is 1.44. The molecule has 1 heterocycles. The van der Waals surface area contributed by atoms with E-state index in [0.717, 1.165) is 23.1 Å². The summed E-state index contributed by atoms with van der Waals surface area (Å²) in [4.78, 5) is 14.4. The number of nitrogens with zero attached hydrogens (tertiary/aromatic N) is 1. The number of para-hydroxylation sites is 1. The van der Waals surface area contributed by atoms with Crippen molar-refractivity contribution in [2.75, 3.05) is 12.9 Å². The molecule has 4 rings (SSSR count). The minimum Gasteiger partial charge on any atom is -0.457 e. The minimum absolute atomic E-state index is 0.0123. The average Bonchev–Trinajstić information content (AvgIpc) is 3.09. The lowest BCUT2D eigenvalue weighted by Crippen LogP contribution is -2.41. The van der Waals surface area contributed by atoms with Crippen molar-refractivity contribution in [1.82, 2.24) is 4.90 Å². The van der Waals surface area contributed by atoms with Crippen LogP contribution in [0.4, 0.5) is 0 Å². The molecule has 178 valence electrons. The van der Waals surface area contributed by atoms with Crippen LogP contribution in [0.3, 0.4) is 0 Å². The van der Waals surface area contributed by atoms with Crippen LogP contribution < -0.4 is 4.74 Å². The third-order valence-electron chi connectivity index (χ3n) is 5.48. The van der Waals surface area contributed by atoms with E-state index in [1.54, 1.807) is 4.90 Å². The van der Waals surface area contributed by atoms with Gasteiger partial charge in [-0.1, -0.05) is 60.7 Å². The summed E-state index contributed by atoms with van der Waals surface area (Å²) in [5.41, 5.74) is 1.88. The normalized spacial score (nSPS) is 18.3. The van der Waals surface area contributed by atoms with Crippen molar-refractivity contribution in [3.8, 4) is 11.5 Å². The molecular weight excluding hydrogens is 454 g/mol. The lowest BCUT2D eigenvalue weighted by molar-refractivity contribution is -0.130. The summed E-state index contributed by atoms with van der Waals surface area (Å²) < 4.78 is 40.5. The summed E-state index contributed by atoms with van der Waals surface area (Å²) in [6, 6.07) is 26.1. The second-order valence-corrected chi connectivity index (χ2v) is 9.79. The number of likely N-dealkylation sites (tertiary alicyclic amines) is 1. The molecule has 1 amide bonds. The summed E-state index contributed by atoms with van der Waals surface area (Å²) >= 11 is 0. The van der Waals surface area contributed by atoms with E-state index in [1.165, 1.54) is 0 Å². The molecule has 0 saturated carbocycles. The van der Waals surface area contributed by atoms with Crippen LogP contribution in [0.15, 0.2) is 84.9 Å². The van der Waals surface area contributed by atoms with Crippen LogP contribution in [0.5, 0.6) is 11.5 Å². The fraction of sp³-hybridized carbons (Fsp3) is 0.269. The van der Waals surface area contributed by atoms with Crippen LogP contribution in [0.25, 0.3) is 0 Å². The summed E-state index contributed by atoms with van der Waals surface area (Å²) in [5.74, 6) is 1.25. The molecule has 3 aromatic rings. The predicted octanol–water partition coefficient (Wildman–Crippen LogP) is 4.14. The summed E-state index contributed by atoms with van der Waals surface area (Å²) in [6.45, 7) is 0.833. The fourth-order valence-corrected chi connectivity index (χ4v) is 4.54. The monoisotopic (exact) mass is 481 g/mol. The van der Waals surface area contributed by atoms with Gasteiger partial charge in [-0.2, -0.15) is 8.42 Å². The third kappa shape index (κ3) is 6.66. The highest BCUT2D eigenvalue weighted by molar-refractivity contribution is 7.86. The predicted molar refractivity (Wildman–Crippen MR) is 128 cm³/mol. The van der Waals surface area contributed by atoms with E-state index in [1.807, 2.05) is 84.9 Å². The van der Waals surface area contributed by atoms with Crippen molar-refractivity contribution >= 4 is 16.0 Å². The number of amides is 1. The van der Waals surface area contributed by atoms with E-state index in [0.29, 0.717) is 18.9 Å². The average molecular weight is 482 g/mol. The van der Waals surface area contributed by atoms with E-state index in [4.69, 9.17) is 13.7 Å². The highest BCUT2D eigenvalue weighted by atomic mass is 32.2. The first-order valence-electron chi connectivity index (χ1n) is 11.0. The van der Waals surface area contributed by atoms with Crippen molar-refractivity contribution in [1.29, 1.82) is 0 Å². The number of carbonyl (C=O) groups is 1. The molecule has 0 aromatic heterocycles. The van der Waals surface area contributed by atoms with Gasteiger partial charge in [0.2, 0.25) is 5.91 Å². The lowest BCUT2D eigenvalue weighted by atomic mass is 10.1. The zero-order valence-corrected chi connectivity index (χ0v) is 19.7. The Labute approximate surface area is 200 Å². The van der Waals surface area contributed by atoms with E-state index < -0.39 is 22.3 Å². The first-order valence-corrected chi connectivity index (χ1v) is 12.8. The molecule has 0 aliphatic carbocycles. The molecule has 0 bridgehead atoms. The smallest absolute Gasteiger partial charge is 0.264 e. The van der Waals surface area contributed by atoms with E-state index in [2.05, 4.69) is 0 Å². The summed E-state index contributed by atoms with van der Waals surface area (Å²) in [6.07, 6.45) is 0.189. The molecule has 1 fully saturated rings. The molecule has 0 N–H and O–H groups in total. The molecule has 7 nitrogen and oxygen atoms in total. The van der Waals surface area contributed by atoms with Gasteiger partial charge < -0.3 is 14.4 Å². The molecule has 8 heteroatoms. The fourth-order valence-electron chi connectivity index (χ4n) is 3.89. The van der Waals surface area contributed by atoms with Crippen LogP contribution in [0.2, 0.25) is 0 Å². The molecular formula is C26H27NO6S. The highest BCUT2D eigenvalue weighted by Crippen LogP contribution is 2.28. The Kier molecular flexibility index (Phi) is 7.62. The topological polar surface area (TPSA) is 82.1 Å². The number of hydrogen-bond acceptors (Lipinski definition) is 6. The number of rotatable bonds is 10. The molecule has 34 heavy (non-hydrogen) atoms. The Morgan fingerprint density at radius 3 is 2.12 bits per heavy atom. The van der Waals surface area contributed by atoms with Gasteiger partial charge in [-0.3, -0.25) is 8.98 Å². The van der Waals surface area contributed by atoms with Gasteiger partial charge in [-0.15, -0.1) is 0 Å². The van der Waals surface area contributed by atoms with Gasteiger partial charge in [0.25, 0.3) is 10.1 Å². The van der Waals surface area contributed by atoms with Crippen LogP contribution in [0, 0.1) is 0 Å². The SMILES string of the molecule is CS(=O)(=O)O[C@@H]1CC(=O)N(Cc2ccc(Oc3ccccc3)cc2)[C@@H]1COCc1ccccc1. The quantitative estimate of drug-likeness (QED) is 0.405. The summed E-state index contributed by atoms with van der Waals surface area (Å²) in [5, 5.41) is 0. The standard InChI is InChI=1S/C26H27NO6S/c1-34(29,30)33-25-16-26(28)27(24(25)19-31-18-21-8-4-2-5-9-21)17-20-12-14-23(15-13-20)32-22-10-6-3-7-11-22/h2-15,24-25H,16-19H2,1H3/t24-,25-/m1/s1. The van der Waals surface area contributed by atoms with E-state index in [9.17, 15) is 13.2 Å².